The summed E-state index contributed by atoms with van der Waals surface area (Å²) >= 11 is 7.67. The second kappa shape index (κ2) is 5.37. The molecule has 0 fully saturated rings. The standard InChI is InChI=1S/C14H15ClO2S/c1-10-5-11(7-12(15)6-10)8-14(9-13(16)17)3-2-4-18-14/h2,4-7H,3,8-9H2,1H3,(H,16,17)/t14-/m0/s1. The molecule has 0 saturated heterocycles. The van der Waals surface area contributed by atoms with Gasteiger partial charge in [0.2, 0.25) is 0 Å². The Morgan fingerprint density at radius 2 is 2.28 bits per heavy atom. The zero-order valence-electron chi connectivity index (χ0n) is 10.1. The fourth-order valence-corrected chi connectivity index (χ4v) is 3.80. The Morgan fingerprint density at radius 1 is 1.50 bits per heavy atom. The smallest absolute Gasteiger partial charge is 0.304 e. The first kappa shape index (κ1) is 13.5. The fourth-order valence-electron chi connectivity index (χ4n) is 2.36. The Hall–Kier alpha value is -0.930. The van der Waals surface area contributed by atoms with Crippen LogP contribution in [0.4, 0.5) is 0 Å². The lowest BCUT2D eigenvalue weighted by atomic mass is 9.91. The lowest BCUT2D eigenvalue weighted by Crippen LogP contribution is -2.28. The summed E-state index contributed by atoms with van der Waals surface area (Å²) in [5.41, 5.74) is 2.22. The average Bonchev–Trinajstić information content (AvgIpc) is 2.63. The van der Waals surface area contributed by atoms with E-state index in [0.29, 0.717) is 5.02 Å². The van der Waals surface area contributed by atoms with Gasteiger partial charge in [-0.1, -0.05) is 23.7 Å². The number of halogens is 1. The van der Waals surface area contributed by atoms with Gasteiger partial charge in [-0.2, -0.15) is 0 Å². The predicted octanol–water partition coefficient (Wildman–Crippen LogP) is 4.06. The van der Waals surface area contributed by atoms with Crippen LogP contribution >= 0.6 is 23.4 Å². The minimum atomic E-state index is -0.745. The highest BCUT2D eigenvalue weighted by Crippen LogP contribution is 2.42. The SMILES string of the molecule is Cc1cc(Cl)cc(C[C@]2(CC(=O)O)CC=CS2)c1. The van der Waals surface area contributed by atoms with Crippen LogP contribution in [0.15, 0.2) is 29.7 Å². The highest BCUT2D eigenvalue weighted by molar-refractivity contribution is 8.03. The van der Waals surface area contributed by atoms with Crippen molar-refractivity contribution in [2.75, 3.05) is 0 Å². The van der Waals surface area contributed by atoms with Gasteiger partial charge < -0.3 is 5.11 Å². The van der Waals surface area contributed by atoms with E-state index in [0.717, 1.165) is 24.0 Å². The third kappa shape index (κ3) is 3.30. The lowest BCUT2D eigenvalue weighted by molar-refractivity contribution is -0.137. The molecular weight excluding hydrogens is 268 g/mol. The van der Waals surface area contributed by atoms with Crippen LogP contribution in [0.3, 0.4) is 0 Å². The first-order valence-corrected chi connectivity index (χ1v) is 7.06. The van der Waals surface area contributed by atoms with Crippen LogP contribution in [0.1, 0.15) is 24.0 Å². The summed E-state index contributed by atoms with van der Waals surface area (Å²) in [5, 5.41) is 11.8. The van der Waals surface area contributed by atoms with Crippen LogP contribution in [0.5, 0.6) is 0 Å². The van der Waals surface area contributed by atoms with E-state index in [-0.39, 0.29) is 11.2 Å². The molecule has 2 rings (SSSR count). The van der Waals surface area contributed by atoms with Gasteiger partial charge in [-0.25, -0.2) is 0 Å². The number of aryl methyl sites for hydroxylation is 1. The summed E-state index contributed by atoms with van der Waals surface area (Å²) in [6.07, 6.45) is 3.76. The van der Waals surface area contributed by atoms with Crippen molar-refractivity contribution in [2.24, 2.45) is 0 Å². The number of carboxylic acid groups (broad SMARTS) is 1. The molecule has 18 heavy (non-hydrogen) atoms. The monoisotopic (exact) mass is 282 g/mol. The third-order valence-electron chi connectivity index (χ3n) is 3.01. The van der Waals surface area contributed by atoms with Crippen molar-refractivity contribution in [3.63, 3.8) is 0 Å². The van der Waals surface area contributed by atoms with Gasteiger partial charge in [-0.15, -0.1) is 11.8 Å². The lowest BCUT2D eigenvalue weighted by Gasteiger charge is -2.26. The topological polar surface area (TPSA) is 37.3 Å². The second-order valence-corrected chi connectivity index (χ2v) is 6.57. The van der Waals surface area contributed by atoms with Gasteiger partial charge in [0.1, 0.15) is 0 Å². The molecule has 4 heteroatoms. The van der Waals surface area contributed by atoms with E-state index in [4.69, 9.17) is 16.7 Å². The fraction of sp³-hybridized carbons (Fsp3) is 0.357. The molecule has 0 bridgehead atoms. The van der Waals surface area contributed by atoms with Crippen LogP contribution in [0.2, 0.25) is 5.02 Å². The molecule has 0 spiro atoms. The van der Waals surface area contributed by atoms with Crippen molar-refractivity contribution in [1.82, 2.24) is 0 Å². The summed E-state index contributed by atoms with van der Waals surface area (Å²) in [5.74, 6) is -0.745. The Kier molecular flexibility index (Phi) is 4.03. The number of hydrogen-bond donors (Lipinski definition) is 1. The molecule has 0 aromatic heterocycles. The molecule has 0 aliphatic carbocycles. The molecule has 1 aromatic carbocycles. The molecule has 0 saturated carbocycles. The van der Waals surface area contributed by atoms with Crippen LogP contribution in [-0.2, 0) is 11.2 Å². The number of benzene rings is 1. The molecule has 0 amide bonds. The molecule has 1 N–H and O–H groups in total. The van der Waals surface area contributed by atoms with Gasteiger partial charge in [0.15, 0.2) is 0 Å². The number of aliphatic carboxylic acids is 1. The largest absolute Gasteiger partial charge is 0.481 e. The van der Waals surface area contributed by atoms with Gasteiger partial charge >= 0.3 is 5.97 Å². The average molecular weight is 283 g/mol. The number of carboxylic acids is 1. The molecule has 0 unspecified atom stereocenters. The van der Waals surface area contributed by atoms with E-state index < -0.39 is 5.97 Å². The molecule has 1 heterocycles. The normalized spacial score (nSPS) is 22.3. The minimum Gasteiger partial charge on any atom is -0.481 e. The van der Waals surface area contributed by atoms with Crippen LogP contribution in [-0.4, -0.2) is 15.8 Å². The van der Waals surface area contributed by atoms with E-state index >= 15 is 0 Å². The van der Waals surface area contributed by atoms with Crippen LogP contribution in [0, 0.1) is 6.92 Å². The summed E-state index contributed by atoms with van der Waals surface area (Å²) in [6.45, 7) is 2.00. The highest BCUT2D eigenvalue weighted by Gasteiger charge is 2.34. The minimum absolute atomic E-state index is 0.177. The molecule has 0 radical (unpaired) electrons. The van der Waals surface area contributed by atoms with Crippen molar-refractivity contribution in [1.29, 1.82) is 0 Å². The Bertz CT molecular complexity index is 468. The summed E-state index contributed by atoms with van der Waals surface area (Å²) < 4.78 is -0.247. The molecular formula is C14H15ClO2S. The van der Waals surface area contributed by atoms with E-state index in [1.54, 1.807) is 11.8 Å². The summed E-state index contributed by atoms with van der Waals surface area (Å²) in [6, 6.07) is 5.92. The van der Waals surface area contributed by atoms with Crippen molar-refractivity contribution in [3.8, 4) is 0 Å². The number of carbonyl (C=O) groups is 1. The van der Waals surface area contributed by atoms with E-state index in [2.05, 4.69) is 6.07 Å². The number of hydrogen-bond acceptors (Lipinski definition) is 2. The number of thioether (sulfide) groups is 1. The molecule has 2 nitrogen and oxygen atoms in total. The van der Waals surface area contributed by atoms with Crippen LogP contribution < -0.4 is 0 Å². The number of allylic oxidation sites excluding steroid dienone is 1. The van der Waals surface area contributed by atoms with Crippen molar-refractivity contribution >= 4 is 29.3 Å². The van der Waals surface area contributed by atoms with Gasteiger partial charge in [0, 0.05) is 9.77 Å². The first-order chi connectivity index (χ1) is 8.49. The third-order valence-corrected chi connectivity index (χ3v) is 4.51. The van der Waals surface area contributed by atoms with E-state index in [9.17, 15) is 4.79 Å². The maximum Gasteiger partial charge on any atom is 0.304 e. The zero-order valence-corrected chi connectivity index (χ0v) is 11.7. The van der Waals surface area contributed by atoms with Gasteiger partial charge in [0.05, 0.1) is 6.42 Å². The quantitative estimate of drug-likeness (QED) is 0.905. The van der Waals surface area contributed by atoms with E-state index in [1.165, 1.54) is 0 Å². The number of rotatable bonds is 4. The molecule has 1 aliphatic heterocycles. The molecule has 1 aromatic rings. The van der Waals surface area contributed by atoms with Gasteiger partial charge in [-0.05, 0) is 48.4 Å². The van der Waals surface area contributed by atoms with Crippen molar-refractivity contribution in [3.05, 3.63) is 45.8 Å². The summed E-state index contributed by atoms with van der Waals surface area (Å²) in [4.78, 5) is 11.0. The first-order valence-electron chi connectivity index (χ1n) is 5.80. The molecule has 1 atom stereocenters. The molecule has 1 aliphatic rings. The van der Waals surface area contributed by atoms with E-state index in [1.807, 2.05) is 30.5 Å². The van der Waals surface area contributed by atoms with Crippen molar-refractivity contribution < 1.29 is 9.90 Å². The van der Waals surface area contributed by atoms with Gasteiger partial charge in [0.25, 0.3) is 0 Å². The van der Waals surface area contributed by atoms with Crippen molar-refractivity contribution in [2.45, 2.75) is 30.9 Å². The highest BCUT2D eigenvalue weighted by atomic mass is 35.5. The Balaban J connectivity index is 2.21. The zero-order chi connectivity index (χ0) is 13.2. The predicted molar refractivity (Wildman–Crippen MR) is 76.2 cm³/mol. The Morgan fingerprint density at radius 3 is 2.83 bits per heavy atom. The maximum absolute atomic E-state index is 11.0. The summed E-state index contributed by atoms with van der Waals surface area (Å²) in [7, 11) is 0. The maximum atomic E-state index is 11.0. The van der Waals surface area contributed by atoms with Gasteiger partial charge in [-0.3, -0.25) is 4.79 Å². The second-order valence-electron chi connectivity index (χ2n) is 4.76. The molecule has 96 valence electrons. The Labute approximate surface area is 116 Å². The van der Waals surface area contributed by atoms with Crippen LogP contribution in [0.25, 0.3) is 0 Å².